The molecule has 0 aliphatic carbocycles. The smallest absolute Gasteiger partial charge is 0.422 e. The number of thiophene rings is 1. The second-order valence-corrected chi connectivity index (χ2v) is 8.82. The van der Waals surface area contributed by atoms with Crippen molar-refractivity contribution in [3.63, 3.8) is 0 Å². The summed E-state index contributed by atoms with van der Waals surface area (Å²) in [5.41, 5.74) is 1.77. The number of amides is 1. The van der Waals surface area contributed by atoms with Crippen molar-refractivity contribution < 1.29 is 22.7 Å². The Kier molecular flexibility index (Phi) is 6.87. The van der Waals surface area contributed by atoms with Crippen molar-refractivity contribution in [2.45, 2.75) is 38.5 Å². The van der Waals surface area contributed by atoms with Gasteiger partial charge < -0.3 is 10.1 Å². The topological polar surface area (TPSA) is 64.1 Å². The van der Waals surface area contributed by atoms with Gasteiger partial charge in [0.25, 0.3) is 0 Å². The van der Waals surface area contributed by atoms with E-state index in [0.717, 1.165) is 20.8 Å². The summed E-state index contributed by atoms with van der Waals surface area (Å²) in [6.07, 6.45) is -4.40. The largest absolute Gasteiger partial charge is 0.484 e. The summed E-state index contributed by atoms with van der Waals surface area (Å²) in [5.74, 6) is 0.734. The first-order chi connectivity index (χ1) is 14.1. The highest BCUT2D eigenvalue weighted by Gasteiger charge is 2.28. The van der Waals surface area contributed by atoms with E-state index in [1.165, 1.54) is 28.8 Å². The van der Waals surface area contributed by atoms with Crippen LogP contribution in [0.1, 0.15) is 21.8 Å². The molecule has 3 aromatic rings. The molecular weight excluding hydrogens is 435 g/mol. The van der Waals surface area contributed by atoms with Crippen molar-refractivity contribution in [1.29, 1.82) is 0 Å². The van der Waals surface area contributed by atoms with E-state index in [1.54, 1.807) is 23.5 Å². The molecule has 0 saturated heterocycles. The Morgan fingerprint density at radius 2 is 2.00 bits per heavy atom. The first kappa shape index (κ1) is 22.4. The average molecular weight is 456 g/mol. The molecule has 0 fully saturated rings. The van der Waals surface area contributed by atoms with Gasteiger partial charge in [-0.15, -0.1) is 11.3 Å². The number of carbonyl (C=O) groups is 1. The third-order valence-corrected chi connectivity index (χ3v) is 6.31. The normalized spacial score (nSPS) is 11.7. The van der Waals surface area contributed by atoms with Crippen molar-refractivity contribution in [3.8, 4) is 5.75 Å². The van der Waals surface area contributed by atoms with Gasteiger partial charge >= 0.3 is 6.18 Å². The quantitative estimate of drug-likeness (QED) is 0.403. The number of nitrogens with one attached hydrogen (secondary N) is 1. The molecule has 30 heavy (non-hydrogen) atoms. The fraction of sp³-hybridized carbons (Fsp3) is 0.350. The fourth-order valence-electron chi connectivity index (χ4n) is 2.71. The number of aromatic nitrogens is 2. The zero-order valence-corrected chi connectivity index (χ0v) is 18.2. The molecule has 1 N–H and O–H groups in total. The van der Waals surface area contributed by atoms with Gasteiger partial charge in [-0.1, -0.05) is 23.9 Å². The van der Waals surface area contributed by atoms with Crippen LogP contribution in [0, 0.1) is 20.8 Å². The molecule has 2 aromatic heterocycles. The number of carbonyl (C=O) groups excluding carboxylic acids is 1. The molecular formula is C20H20F3N3O2S2. The van der Waals surface area contributed by atoms with Crippen molar-refractivity contribution in [2.75, 3.05) is 12.4 Å². The molecule has 0 radical (unpaired) electrons. The van der Waals surface area contributed by atoms with Crippen LogP contribution in [-0.2, 0) is 11.3 Å². The molecule has 0 spiro atoms. The number of hydrogen-bond acceptors (Lipinski definition) is 6. The van der Waals surface area contributed by atoms with Gasteiger partial charge in [0.1, 0.15) is 21.4 Å². The van der Waals surface area contributed by atoms with Crippen molar-refractivity contribution in [1.82, 2.24) is 15.3 Å². The molecule has 160 valence electrons. The van der Waals surface area contributed by atoms with Crippen molar-refractivity contribution in [3.05, 3.63) is 46.1 Å². The first-order valence-electron chi connectivity index (χ1n) is 9.04. The van der Waals surface area contributed by atoms with Crippen LogP contribution in [0.5, 0.6) is 5.75 Å². The molecule has 0 bridgehead atoms. The second kappa shape index (κ2) is 9.22. The lowest BCUT2D eigenvalue weighted by atomic mass is 10.2. The van der Waals surface area contributed by atoms with E-state index in [0.29, 0.717) is 11.4 Å². The molecule has 0 atom stereocenters. The SMILES string of the molecule is Cc1nc(SCC(=O)NCc2cccc(OCC(F)(F)F)c2)c2c(C)c(C)sc2n1. The fourth-order valence-corrected chi connectivity index (χ4v) is 4.81. The van der Waals surface area contributed by atoms with Gasteiger partial charge in [-0.3, -0.25) is 4.79 Å². The molecule has 0 saturated carbocycles. The van der Waals surface area contributed by atoms with E-state index in [2.05, 4.69) is 15.3 Å². The molecule has 2 heterocycles. The predicted octanol–water partition coefficient (Wildman–Crippen LogP) is 4.97. The van der Waals surface area contributed by atoms with E-state index >= 15 is 0 Å². The van der Waals surface area contributed by atoms with Gasteiger partial charge in [0, 0.05) is 16.8 Å². The number of halogens is 3. The number of aryl methyl sites for hydroxylation is 3. The number of alkyl halides is 3. The molecule has 3 rings (SSSR count). The monoisotopic (exact) mass is 455 g/mol. The summed E-state index contributed by atoms with van der Waals surface area (Å²) < 4.78 is 41.6. The summed E-state index contributed by atoms with van der Waals surface area (Å²) in [6, 6.07) is 6.22. The molecule has 0 aliphatic rings. The van der Waals surface area contributed by atoms with Crippen LogP contribution >= 0.6 is 23.1 Å². The van der Waals surface area contributed by atoms with Gasteiger partial charge in [-0.25, -0.2) is 9.97 Å². The number of ether oxygens (including phenoxy) is 1. The number of rotatable bonds is 7. The number of fused-ring (bicyclic) bond motifs is 1. The van der Waals surface area contributed by atoms with E-state index in [4.69, 9.17) is 4.74 Å². The Balaban J connectivity index is 1.58. The highest BCUT2D eigenvalue weighted by molar-refractivity contribution is 8.00. The summed E-state index contributed by atoms with van der Waals surface area (Å²) in [7, 11) is 0. The summed E-state index contributed by atoms with van der Waals surface area (Å²) in [6.45, 7) is 4.71. The van der Waals surface area contributed by atoms with Crippen LogP contribution < -0.4 is 10.1 Å². The maximum Gasteiger partial charge on any atom is 0.422 e. The maximum absolute atomic E-state index is 12.3. The standard InChI is InChI=1S/C20H20F3N3O2S2/c1-11-12(2)30-19-17(11)18(25-13(3)26-19)29-9-16(27)24-8-14-5-4-6-15(7-14)28-10-20(21,22)23/h4-7H,8-10H2,1-3H3,(H,24,27). The highest BCUT2D eigenvalue weighted by atomic mass is 32.2. The molecule has 5 nitrogen and oxygen atoms in total. The lowest BCUT2D eigenvalue weighted by Gasteiger charge is -2.11. The van der Waals surface area contributed by atoms with Gasteiger partial charge in [0.05, 0.1) is 5.75 Å². The third-order valence-electron chi connectivity index (χ3n) is 4.24. The molecule has 0 aliphatic heterocycles. The number of benzene rings is 1. The Hall–Kier alpha value is -2.33. The summed E-state index contributed by atoms with van der Waals surface area (Å²) >= 11 is 2.95. The van der Waals surface area contributed by atoms with Gasteiger partial charge in [0.15, 0.2) is 6.61 Å². The Morgan fingerprint density at radius 1 is 1.23 bits per heavy atom. The van der Waals surface area contributed by atoms with Gasteiger partial charge in [0.2, 0.25) is 5.91 Å². The molecule has 1 amide bonds. The van der Waals surface area contributed by atoms with Crippen LogP contribution in [0.3, 0.4) is 0 Å². The van der Waals surface area contributed by atoms with Crippen LogP contribution in [0.15, 0.2) is 29.3 Å². The predicted molar refractivity (Wildman–Crippen MR) is 112 cm³/mol. The molecule has 10 heteroatoms. The van der Waals surface area contributed by atoms with E-state index in [-0.39, 0.29) is 24.0 Å². The number of nitrogens with zero attached hydrogens (tertiary/aromatic N) is 2. The van der Waals surface area contributed by atoms with Crippen molar-refractivity contribution in [2.24, 2.45) is 0 Å². The highest BCUT2D eigenvalue weighted by Crippen LogP contribution is 2.35. The van der Waals surface area contributed by atoms with Gasteiger partial charge in [-0.2, -0.15) is 13.2 Å². The number of thioether (sulfide) groups is 1. The zero-order chi connectivity index (χ0) is 21.9. The van der Waals surface area contributed by atoms with Crippen LogP contribution in [0.2, 0.25) is 0 Å². The third kappa shape index (κ3) is 5.85. The minimum Gasteiger partial charge on any atom is -0.484 e. The Bertz CT molecular complexity index is 1070. The van der Waals surface area contributed by atoms with E-state index in [1.807, 2.05) is 20.8 Å². The van der Waals surface area contributed by atoms with E-state index < -0.39 is 12.8 Å². The minimum absolute atomic E-state index is 0.107. The second-order valence-electron chi connectivity index (χ2n) is 6.66. The average Bonchev–Trinajstić information content (AvgIpc) is 2.96. The Morgan fingerprint density at radius 3 is 2.73 bits per heavy atom. The van der Waals surface area contributed by atoms with E-state index in [9.17, 15) is 18.0 Å². The van der Waals surface area contributed by atoms with Crippen LogP contribution in [-0.4, -0.2) is 34.4 Å². The van der Waals surface area contributed by atoms with Crippen LogP contribution in [0.25, 0.3) is 10.2 Å². The summed E-state index contributed by atoms with van der Waals surface area (Å²) in [5, 5.41) is 4.53. The van der Waals surface area contributed by atoms with Crippen LogP contribution in [0.4, 0.5) is 13.2 Å². The van der Waals surface area contributed by atoms with Crippen molar-refractivity contribution >= 4 is 39.2 Å². The zero-order valence-electron chi connectivity index (χ0n) is 16.6. The summed E-state index contributed by atoms with van der Waals surface area (Å²) in [4.78, 5) is 23.3. The van der Waals surface area contributed by atoms with Gasteiger partial charge in [-0.05, 0) is 44.0 Å². The Labute approximate surface area is 180 Å². The maximum atomic E-state index is 12.3. The minimum atomic E-state index is -4.40. The lowest BCUT2D eigenvalue weighted by Crippen LogP contribution is -2.24. The molecule has 0 unspecified atom stereocenters. The lowest BCUT2D eigenvalue weighted by molar-refractivity contribution is -0.153. The molecule has 1 aromatic carbocycles. The first-order valence-corrected chi connectivity index (χ1v) is 10.8. The number of hydrogen-bond donors (Lipinski definition) is 1.